The van der Waals surface area contributed by atoms with Crippen molar-refractivity contribution in [1.82, 2.24) is 5.32 Å². The Kier molecular flexibility index (Phi) is 4.96. The number of carbonyl (C=O) groups excluding carboxylic acids is 2. The van der Waals surface area contributed by atoms with Crippen LogP contribution in [0.5, 0.6) is 0 Å². The lowest BCUT2D eigenvalue weighted by Gasteiger charge is -2.27. The average molecular weight is 310 g/mol. The molecule has 1 aromatic rings. The van der Waals surface area contributed by atoms with Crippen molar-refractivity contribution in [3.05, 3.63) is 34.9 Å². The van der Waals surface area contributed by atoms with Crippen molar-refractivity contribution in [2.75, 3.05) is 0 Å². The summed E-state index contributed by atoms with van der Waals surface area (Å²) in [6.07, 6.45) is 1.96. The molecule has 0 saturated heterocycles. The number of ketones is 1. The number of Topliss-reactive ketones (excluding diaryl/α,β-unsaturated/α-hetero) is 1. The van der Waals surface area contributed by atoms with Crippen molar-refractivity contribution in [3.8, 4) is 0 Å². The Bertz CT molecular complexity index is 573. The van der Waals surface area contributed by atoms with Crippen molar-refractivity contribution < 1.29 is 19.5 Å². The van der Waals surface area contributed by atoms with E-state index in [0.717, 1.165) is 0 Å². The summed E-state index contributed by atoms with van der Waals surface area (Å²) in [5, 5.41) is 12.1. The van der Waals surface area contributed by atoms with Crippen molar-refractivity contribution in [3.63, 3.8) is 0 Å². The quantitative estimate of drug-likeness (QED) is 0.893. The van der Waals surface area contributed by atoms with Crippen LogP contribution in [-0.2, 0) is 9.59 Å². The molecule has 0 aliphatic heterocycles. The first kappa shape index (κ1) is 15.5. The third-order valence-electron chi connectivity index (χ3n) is 3.66. The molecule has 1 amide bonds. The second kappa shape index (κ2) is 6.72. The average Bonchev–Trinajstić information content (AvgIpc) is 2.44. The molecule has 1 aromatic carbocycles. The number of carbonyl (C=O) groups is 3. The number of hydrogen-bond acceptors (Lipinski definition) is 3. The molecule has 0 spiro atoms. The van der Waals surface area contributed by atoms with Gasteiger partial charge in [0.25, 0.3) is 5.91 Å². The number of hydrogen-bond donors (Lipinski definition) is 2. The van der Waals surface area contributed by atoms with Crippen LogP contribution >= 0.6 is 11.6 Å². The normalized spacial score (nSPS) is 19.9. The Morgan fingerprint density at radius 1 is 1.33 bits per heavy atom. The third kappa shape index (κ3) is 3.82. The van der Waals surface area contributed by atoms with Gasteiger partial charge in [-0.2, -0.15) is 0 Å². The Morgan fingerprint density at radius 2 is 2.05 bits per heavy atom. The van der Waals surface area contributed by atoms with Gasteiger partial charge in [0.05, 0.1) is 10.6 Å². The lowest BCUT2D eigenvalue weighted by Crippen LogP contribution is -2.47. The minimum absolute atomic E-state index is 0.0458. The first-order valence-corrected chi connectivity index (χ1v) is 7.16. The van der Waals surface area contributed by atoms with Crippen LogP contribution in [0, 0.1) is 5.92 Å². The van der Waals surface area contributed by atoms with Crippen molar-refractivity contribution in [2.24, 2.45) is 5.92 Å². The molecule has 0 heterocycles. The van der Waals surface area contributed by atoms with Crippen LogP contribution in [0.2, 0.25) is 5.02 Å². The molecule has 1 saturated carbocycles. The summed E-state index contributed by atoms with van der Waals surface area (Å²) in [5.74, 6) is -1.99. The third-order valence-corrected chi connectivity index (χ3v) is 3.99. The Labute approximate surface area is 127 Å². The molecule has 2 N–H and O–H groups in total. The zero-order valence-corrected chi connectivity index (χ0v) is 12.1. The maximum absolute atomic E-state index is 12.2. The van der Waals surface area contributed by atoms with Crippen LogP contribution in [-0.4, -0.2) is 28.8 Å². The van der Waals surface area contributed by atoms with Crippen LogP contribution in [0.25, 0.3) is 0 Å². The Balaban J connectivity index is 2.13. The predicted molar refractivity (Wildman–Crippen MR) is 77.3 cm³/mol. The molecule has 2 atom stereocenters. The molecular formula is C15H16ClNO4. The zero-order valence-electron chi connectivity index (χ0n) is 11.3. The molecule has 5 nitrogen and oxygen atoms in total. The highest BCUT2D eigenvalue weighted by molar-refractivity contribution is 6.33. The van der Waals surface area contributed by atoms with E-state index in [1.54, 1.807) is 18.2 Å². The molecular weight excluding hydrogens is 294 g/mol. The highest BCUT2D eigenvalue weighted by Gasteiger charge is 2.33. The molecule has 21 heavy (non-hydrogen) atoms. The van der Waals surface area contributed by atoms with E-state index in [9.17, 15) is 19.5 Å². The van der Waals surface area contributed by atoms with E-state index < -0.39 is 17.9 Å². The van der Waals surface area contributed by atoms with Gasteiger partial charge in [0.2, 0.25) is 0 Å². The van der Waals surface area contributed by atoms with E-state index in [1.165, 1.54) is 6.07 Å². The van der Waals surface area contributed by atoms with E-state index in [2.05, 4.69) is 5.32 Å². The number of benzene rings is 1. The number of amides is 1. The number of halogens is 1. The maximum Gasteiger partial charge on any atom is 0.326 e. The van der Waals surface area contributed by atoms with Gasteiger partial charge < -0.3 is 10.4 Å². The van der Waals surface area contributed by atoms with Crippen molar-refractivity contribution in [2.45, 2.75) is 31.7 Å². The summed E-state index contributed by atoms with van der Waals surface area (Å²) >= 11 is 5.93. The number of nitrogens with one attached hydrogen (secondary N) is 1. The smallest absolute Gasteiger partial charge is 0.326 e. The Hall–Kier alpha value is -1.88. The molecule has 0 radical (unpaired) electrons. The van der Waals surface area contributed by atoms with Gasteiger partial charge in [0.1, 0.15) is 11.8 Å². The fourth-order valence-electron chi connectivity index (χ4n) is 2.59. The second-order valence-electron chi connectivity index (χ2n) is 5.16. The van der Waals surface area contributed by atoms with Gasteiger partial charge in [0.15, 0.2) is 0 Å². The topological polar surface area (TPSA) is 83.5 Å². The molecule has 0 aromatic heterocycles. The van der Waals surface area contributed by atoms with Crippen LogP contribution in [0.15, 0.2) is 24.3 Å². The highest BCUT2D eigenvalue weighted by Crippen LogP contribution is 2.25. The van der Waals surface area contributed by atoms with E-state index in [4.69, 9.17) is 11.6 Å². The fourth-order valence-corrected chi connectivity index (χ4v) is 2.81. The van der Waals surface area contributed by atoms with E-state index >= 15 is 0 Å². The van der Waals surface area contributed by atoms with Gasteiger partial charge in [-0.3, -0.25) is 9.59 Å². The molecule has 0 bridgehead atoms. The number of carboxylic acids is 1. The van der Waals surface area contributed by atoms with Crippen LogP contribution < -0.4 is 5.32 Å². The lowest BCUT2D eigenvalue weighted by atomic mass is 9.83. The molecule has 2 rings (SSSR count). The highest BCUT2D eigenvalue weighted by atomic mass is 35.5. The standard InChI is InChI=1S/C15H16ClNO4/c16-12-7-2-1-6-11(12)14(19)17-13(15(20)21)9-4-3-5-10(18)8-9/h1-2,6-7,9,13H,3-5,8H2,(H,17,19)(H,20,21)/t9-,13-/m1/s1. The Morgan fingerprint density at radius 3 is 2.67 bits per heavy atom. The summed E-state index contributed by atoms with van der Waals surface area (Å²) in [6.45, 7) is 0. The monoisotopic (exact) mass is 309 g/mol. The molecule has 1 aliphatic rings. The SMILES string of the molecule is O=C1CCC[C@@H]([C@@H](NC(=O)c2ccccc2Cl)C(=O)O)C1. The minimum Gasteiger partial charge on any atom is -0.480 e. The maximum atomic E-state index is 12.2. The molecule has 112 valence electrons. The van der Waals surface area contributed by atoms with Gasteiger partial charge in [0, 0.05) is 12.8 Å². The van der Waals surface area contributed by atoms with Crippen LogP contribution in [0.4, 0.5) is 0 Å². The van der Waals surface area contributed by atoms with Crippen molar-refractivity contribution >= 4 is 29.3 Å². The summed E-state index contributed by atoms with van der Waals surface area (Å²) in [4.78, 5) is 35.0. The van der Waals surface area contributed by atoms with Crippen LogP contribution in [0.1, 0.15) is 36.0 Å². The molecule has 0 unspecified atom stereocenters. The second-order valence-corrected chi connectivity index (χ2v) is 5.57. The number of carboxylic acid groups (broad SMARTS) is 1. The summed E-state index contributed by atoms with van der Waals surface area (Å²) in [5.41, 5.74) is 0.229. The molecule has 1 aliphatic carbocycles. The summed E-state index contributed by atoms with van der Waals surface area (Å²) < 4.78 is 0. The van der Waals surface area contributed by atoms with Gasteiger partial charge in [-0.15, -0.1) is 0 Å². The first-order chi connectivity index (χ1) is 9.99. The fraction of sp³-hybridized carbons (Fsp3) is 0.400. The summed E-state index contributed by atoms with van der Waals surface area (Å²) in [6, 6.07) is 5.37. The molecule has 1 fully saturated rings. The first-order valence-electron chi connectivity index (χ1n) is 6.79. The van der Waals surface area contributed by atoms with E-state index in [0.29, 0.717) is 19.3 Å². The van der Waals surface area contributed by atoms with Gasteiger partial charge in [-0.25, -0.2) is 4.79 Å². The number of aliphatic carboxylic acids is 1. The zero-order chi connectivity index (χ0) is 15.4. The number of rotatable bonds is 4. The van der Waals surface area contributed by atoms with Crippen molar-refractivity contribution in [1.29, 1.82) is 0 Å². The van der Waals surface area contributed by atoms with Gasteiger partial charge >= 0.3 is 5.97 Å². The minimum atomic E-state index is -1.13. The predicted octanol–water partition coefficient (Wildman–Crippen LogP) is 2.28. The molecule has 6 heteroatoms. The van der Waals surface area contributed by atoms with Crippen LogP contribution in [0.3, 0.4) is 0 Å². The van der Waals surface area contributed by atoms with Gasteiger partial charge in [-0.1, -0.05) is 23.7 Å². The lowest BCUT2D eigenvalue weighted by molar-refractivity contribution is -0.141. The van der Waals surface area contributed by atoms with E-state index in [-0.39, 0.29) is 28.7 Å². The van der Waals surface area contributed by atoms with E-state index in [1.807, 2.05) is 0 Å². The summed E-state index contributed by atoms with van der Waals surface area (Å²) in [7, 11) is 0. The largest absolute Gasteiger partial charge is 0.480 e. The van der Waals surface area contributed by atoms with Gasteiger partial charge in [-0.05, 0) is 30.9 Å².